The van der Waals surface area contributed by atoms with E-state index in [4.69, 9.17) is 0 Å². The van der Waals surface area contributed by atoms with Crippen LogP contribution in [0.2, 0.25) is 0 Å². The molecule has 1 aromatic rings. The van der Waals surface area contributed by atoms with E-state index in [0.29, 0.717) is 6.04 Å². The van der Waals surface area contributed by atoms with Gasteiger partial charge in [0.05, 0.1) is 0 Å². The van der Waals surface area contributed by atoms with Crippen molar-refractivity contribution >= 4 is 21.6 Å². The van der Waals surface area contributed by atoms with Crippen LogP contribution in [0.25, 0.3) is 0 Å². The smallest absolute Gasteiger partial charge is 0.0413 e. The Kier molecular flexibility index (Phi) is 3.87. The van der Waals surface area contributed by atoms with Crippen molar-refractivity contribution in [3.05, 3.63) is 28.2 Å². The van der Waals surface area contributed by atoms with Gasteiger partial charge in [0.2, 0.25) is 0 Å². The number of anilines is 1. The number of fused-ring (bicyclic) bond motifs is 1. The molecule has 1 aliphatic heterocycles. The van der Waals surface area contributed by atoms with Crippen LogP contribution in [0.4, 0.5) is 5.69 Å². The van der Waals surface area contributed by atoms with Crippen LogP contribution in [0.1, 0.15) is 18.9 Å². The molecule has 0 amide bonds. The van der Waals surface area contributed by atoms with E-state index in [1.165, 1.54) is 28.6 Å². The van der Waals surface area contributed by atoms with Gasteiger partial charge < -0.3 is 10.2 Å². The zero-order valence-corrected chi connectivity index (χ0v) is 11.5. The molecule has 1 aromatic carbocycles. The summed E-state index contributed by atoms with van der Waals surface area (Å²) in [5.41, 5.74) is 2.89. The molecule has 3 heteroatoms. The van der Waals surface area contributed by atoms with E-state index in [0.717, 1.165) is 13.1 Å². The third-order valence-corrected chi connectivity index (χ3v) is 4.10. The summed E-state index contributed by atoms with van der Waals surface area (Å²) in [5.74, 6) is 0. The van der Waals surface area contributed by atoms with Crippen LogP contribution < -0.4 is 10.2 Å². The summed E-state index contributed by atoms with van der Waals surface area (Å²) in [6.45, 7) is 4.42. The number of likely N-dealkylation sites (N-methyl/N-ethyl adjacent to an activating group) is 1. The second-order valence-corrected chi connectivity index (χ2v) is 5.13. The summed E-state index contributed by atoms with van der Waals surface area (Å²) in [6, 6.07) is 7.17. The lowest BCUT2D eigenvalue weighted by Crippen LogP contribution is -2.33. The van der Waals surface area contributed by atoms with Gasteiger partial charge in [-0.1, -0.05) is 22.0 Å². The van der Waals surface area contributed by atoms with Crippen molar-refractivity contribution in [3.8, 4) is 0 Å². The van der Waals surface area contributed by atoms with Crippen molar-refractivity contribution in [2.45, 2.75) is 25.8 Å². The lowest BCUT2D eigenvalue weighted by molar-refractivity contribution is 0.565. The maximum Gasteiger partial charge on any atom is 0.0413 e. The highest BCUT2D eigenvalue weighted by atomic mass is 79.9. The Hall–Kier alpha value is -0.540. The average molecular weight is 283 g/mol. The summed E-state index contributed by atoms with van der Waals surface area (Å²) in [7, 11) is 2.02. The van der Waals surface area contributed by atoms with Crippen LogP contribution >= 0.6 is 15.9 Å². The number of halogens is 1. The van der Waals surface area contributed by atoms with Gasteiger partial charge in [0.1, 0.15) is 0 Å². The first-order valence-corrected chi connectivity index (χ1v) is 6.75. The topological polar surface area (TPSA) is 15.3 Å². The molecule has 0 bridgehead atoms. The number of benzene rings is 1. The zero-order chi connectivity index (χ0) is 11.5. The van der Waals surface area contributed by atoms with Crippen molar-refractivity contribution in [3.63, 3.8) is 0 Å². The van der Waals surface area contributed by atoms with Crippen molar-refractivity contribution in [1.82, 2.24) is 5.32 Å². The first-order valence-electron chi connectivity index (χ1n) is 5.96. The SMILES string of the molecule is CCN1c2cccc(Br)c2CC1CCNC. The minimum atomic E-state index is 0.658. The molecule has 1 N–H and O–H groups in total. The number of hydrogen-bond donors (Lipinski definition) is 1. The summed E-state index contributed by atoms with van der Waals surface area (Å²) >= 11 is 3.66. The first-order chi connectivity index (χ1) is 7.77. The predicted octanol–water partition coefficient (Wildman–Crippen LogP) is 2.81. The average Bonchev–Trinajstić information content (AvgIpc) is 2.65. The molecule has 1 atom stereocenters. The number of nitrogens with one attached hydrogen (secondary N) is 1. The normalized spacial score (nSPS) is 18.9. The molecular formula is C13H19BrN2. The monoisotopic (exact) mass is 282 g/mol. The highest BCUT2D eigenvalue weighted by molar-refractivity contribution is 9.10. The van der Waals surface area contributed by atoms with Crippen LogP contribution in [0.5, 0.6) is 0 Å². The van der Waals surface area contributed by atoms with Gasteiger partial charge in [0, 0.05) is 22.7 Å². The van der Waals surface area contributed by atoms with Crippen molar-refractivity contribution in [2.24, 2.45) is 0 Å². The zero-order valence-electron chi connectivity index (χ0n) is 9.96. The summed E-state index contributed by atoms with van der Waals surface area (Å²) in [5, 5.41) is 3.24. The molecule has 1 aliphatic rings. The molecule has 0 saturated carbocycles. The Bertz CT molecular complexity index is 365. The second kappa shape index (κ2) is 5.19. The van der Waals surface area contributed by atoms with Crippen LogP contribution in [0.3, 0.4) is 0 Å². The summed E-state index contributed by atoms with van der Waals surface area (Å²) in [4.78, 5) is 2.53. The van der Waals surface area contributed by atoms with Gasteiger partial charge in [-0.25, -0.2) is 0 Å². The molecule has 88 valence electrons. The van der Waals surface area contributed by atoms with Crippen molar-refractivity contribution in [1.29, 1.82) is 0 Å². The Morgan fingerprint density at radius 1 is 1.50 bits per heavy atom. The van der Waals surface area contributed by atoms with Gasteiger partial charge in [0.15, 0.2) is 0 Å². The van der Waals surface area contributed by atoms with E-state index in [1.807, 2.05) is 7.05 Å². The maximum absolute atomic E-state index is 3.66. The summed E-state index contributed by atoms with van der Waals surface area (Å²) in [6.07, 6.45) is 2.39. The number of hydrogen-bond acceptors (Lipinski definition) is 2. The Balaban J connectivity index is 2.22. The highest BCUT2D eigenvalue weighted by Crippen LogP contribution is 2.37. The third kappa shape index (κ3) is 2.11. The molecule has 1 unspecified atom stereocenters. The molecule has 0 radical (unpaired) electrons. The highest BCUT2D eigenvalue weighted by Gasteiger charge is 2.28. The molecule has 0 saturated heterocycles. The lowest BCUT2D eigenvalue weighted by atomic mass is 10.1. The standard InChI is InChI=1S/C13H19BrN2/c1-3-16-10(7-8-15-2)9-11-12(14)5-4-6-13(11)16/h4-6,10,15H,3,7-9H2,1-2H3. The lowest BCUT2D eigenvalue weighted by Gasteiger charge is -2.26. The van der Waals surface area contributed by atoms with E-state index in [1.54, 1.807) is 0 Å². The third-order valence-electron chi connectivity index (χ3n) is 3.35. The molecular weight excluding hydrogens is 264 g/mol. The van der Waals surface area contributed by atoms with E-state index in [9.17, 15) is 0 Å². The molecule has 16 heavy (non-hydrogen) atoms. The van der Waals surface area contributed by atoms with Crippen molar-refractivity contribution < 1.29 is 0 Å². The summed E-state index contributed by atoms with van der Waals surface area (Å²) < 4.78 is 1.26. The van der Waals surface area contributed by atoms with E-state index in [-0.39, 0.29) is 0 Å². The van der Waals surface area contributed by atoms with E-state index >= 15 is 0 Å². The largest absolute Gasteiger partial charge is 0.368 e. The van der Waals surface area contributed by atoms with Gasteiger partial charge in [-0.3, -0.25) is 0 Å². The maximum atomic E-state index is 3.66. The molecule has 1 heterocycles. The van der Waals surface area contributed by atoms with Crippen LogP contribution in [0.15, 0.2) is 22.7 Å². The van der Waals surface area contributed by atoms with Crippen LogP contribution in [0, 0.1) is 0 Å². The first kappa shape index (κ1) is 11.9. The van der Waals surface area contributed by atoms with E-state index in [2.05, 4.69) is 51.3 Å². The Labute approximate surface area is 106 Å². The molecule has 0 aliphatic carbocycles. The number of rotatable bonds is 4. The van der Waals surface area contributed by atoms with Gasteiger partial charge in [-0.05, 0) is 51.1 Å². The quantitative estimate of drug-likeness (QED) is 0.914. The minimum absolute atomic E-state index is 0.658. The molecule has 2 rings (SSSR count). The Morgan fingerprint density at radius 3 is 3.00 bits per heavy atom. The Morgan fingerprint density at radius 2 is 2.31 bits per heavy atom. The molecule has 0 fully saturated rings. The molecule has 0 spiro atoms. The molecule has 2 nitrogen and oxygen atoms in total. The van der Waals surface area contributed by atoms with Crippen LogP contribution in [-0.4, -0.2) is 26.2 Å². The fourth-order valence-corrected chi connectivity index (χ4v) is 3.08. The second-order valence-electron chi connectivity index (χ2n) is 4.27. The molecule has 0 aromatic heterocycles. The number of nitrogens with zero attached hydrogens (tertiary/aromatic N) is 1. The van der Waals surface area contributed by atoms with Gasteiger partial charge in [0.25, 0.3) is 0 Å². The predicted molar refractivity (Wildman–Crippen MR) is 73.2 cm³/mol. The van der Waals surface area contributed by atoms with Crippen LogP contribution in [-0.2, 0) is 6.42 Å². The van der Waals surface area contributed by atoms with Gasteiger partial charge in [-0.2, -0.15) is 0 Å². The fourth-order valence-electron chi connectivity index (χ4n) is 2.56. The fraction of sp³-hybridized carbons (Fsp3) is 0.538. The van der Waals surface area contributed by atoms with Crippen molar-refractivity contribution in [2.75, 3.05) is 25.0 Å². The van der Waals surface area contributed by atoms with Gasteiger partial charge >= 0.3 is 0 Å². The van der Waals surface area contributed by atoms with E-state index < -0.39 is 0 Å². The minimum Gasteiger partial charge on any atom is -0.368 e. The van der Waals surface area contributed by atoms with Gasteiger partial charge in [-0.15, -0.1) is 0 Å².